The predicted molar refractivity (Wildman–Crippen MR) is 154 cm³/mol. The number of nitrogens with zero attached hydrogens (tertiary/aromatic N) is 3. The summed E-state index contributed by atoms with van der Waals surface area (Å²) in [6, 6.07) is 21.2. The first kappa shape index (κ1) is 26.8. The first-order valence-corrected chi connectivity index (χ1v) is 14.2. The molecule has 208 valence electrons. The van der Waals surface area contributed by atoms with Gasteiger partial charge in [-0.25, -0.2) is 4.98 Å². The quantitative estimate of drug-likeness (QED) is 0.315. The van der Waals surface area contributed by atoms with Gasteiger partial charge in [0.1, 0.15) is 24.0 Å². The van der Waals surface area contributed by atoms with Gasteiger partial charge in [-0.05, 0) is 54.3 Å². The zero-order valence-corrected chi connectivity index (χ0v) is 23.0. The van der Waals surface area contributed by atoms with Gasteiger partial charge in [0.2, 0.25) is 11.8 Å². The van der Waals surface area contributed by atoms with E-state index in [9.17, 15) is 9.90 Å². The zero-order chi connectivity index (χ0) is 27.5. The first-order chi connectivity index (χ1) is 19.5. The topological polar surface area (TPSA) is 91.1 Å². The second-order valence-corrected chi connectivity index (χ2v) is 10.9. The molecule has 3 aromatic carbocycles. The number of aliphatic hydroxyl groups excluding tert-OH is 1. The maximum absolute atomic E-state index is 12.7. The van der Waals surface area contributed by atoms with Crippen LogP contribution in [-0.4, -0.2) is 77.8 Å². The number of aliphatic hydroxyl groups is 1. The van der Waals surface area contributed by atoms with Crippen molar-refractivity contribution in [2.45, 2.75) is 25.0 Å². The Hall–Kier alpha value is -3.43. The molecule has 2 aliphatic rings. The Labute approximate surface area is 238 Å². The molecule has 9 heteroatoms. The largest absolute Gasteiger partial charge is 0.491 e. The van der Waals surface area contributed by atoms with Gasteiger partial charge >= 0.3 is 0 Å². The maximum atomic E-state index is 12.7. The second kappa shape index (κ2) is 12.0. The molecule has 2 heterocycles. The number of benzene rings is 3. The van der Waals surface area contributed by atoms with E-state index in [-0.39, 0.29) is 18.6 Å². The van der Waals surface area contributed by atoms with Crippen LogP contribution in [0.5, 0.6) is 5.75 Å². The third-order valence-electron chi connectivity index (χ3n) is 7.67. The van der Waals surface area contributed by atoms with Crippen LogP contribution in [0.15, 0.2) is 71.1 Å². The summed E-state index contributed by atoms with van der Waals surface area (Å²) in [5.41, 5.74) is 4.62. The number of piperazine rings is 1. The van der Waals surface area contributed by atoms with Gasteiger partial charge in [-0.15, -0.1) is 0 Å². The number of β-amino-alcohol motifs (C(OH)–C–C–N with tert-alkyl or cyclic N) is 1. The molecule has 0 bridgehead atoms. The van der Waals surface area contributed by atoms with E-state index in [0.29, 0.717) is 35.8 Å². The Morgan fingerprint density at radius 1 is 1.07 bits per heavy atom. The van der Waals surface area contributed by atoms with Crippen LogP contribution < -0.4 is 10.1 Å². The van der Waals surface area contributed by atoms with Gasteiger partial charge in [0, 0.05) is 49.4 Å². The highest BCUT2D eigenvalue weighted by molar-refractivity contribution is 6.31. The Kier molecular flexibility index (Phi) is 8.02. The number of nitrogens with one attached hydrogen (secondary N) is 1. The summed E-state index contributed by atoms with van der Waals surface area (Å²) < 4.78 is 11.7. The van der Waals surface area contributed by atoms with Gasteiger partial charge in [-0.2, -0.15) is 0 Å². The molecule has 8 nitrogen and oxygen atoms in total. The number of carbonyl (C=O) groups excluding carboxylic acids is 1. The average Bonchev–Trinajstić information content (AvgIpc) is 3.58. The molecular weight excluding hydrogens is 528 g/mol. The van der Waals surface area contributed by atoms with Crippen molar-refractivity contribution in [3.05, 3.63) is 82.9 Å². The van der Waals surface area contributed by atoms with E-state index >= 15 is 0 Å². The van der Waals surface area contributed by atoms with Crippen molar-refractivity contribution in [3.8, 4) is 17.2 Å². The van der Waals surface area contributed by atoms with Crippen molar-refractivity contribution in [1.29, 1.82) is 0 Å². The molecule has 1 aliphatic carbocycles. The molecule has 4 aromatic rings. The molecule has 0 radical (unpaired) electrons. The lowest BCUT2D eigenvalue weighted by molar-refractivity contribution is -0.123. The summed E-state index contributed by atoms with van der Waals surface area (Å²) in [5, 5.41) is 14.6. The standard InChI is InChI=1S/C31H33ClN4O4/c32-26-8-4-7-25-24(26)10-11-27(25)33-30(38)19-36-15-13-35(14-16-36)18-22(37)20-39-23-9-12-29-28(17-23)34-31(40-29)21-5-2-1-3-6-21/h1-9,12,17,22,27,37H,10-11,13-16,18-20H2,(H,33,38)/t22?,27-/m0/s1. The molecule has 1 saturated heterocycles. The molecule has 40 heavy (non-hydrogen) atoms. The smallest absolute Gasteiger partial charge is 0.234 e. The molecule has 6 rings (SSSR count). The fourth-order valence-electron chi connectivity index (χ4n) is 5.58. The number of ether oxygens (including phenoxy) is 1. The molecular formula is C31H33ClN4O4. The van der Waals surface area contributed by atoms with Crippen LogP contribution in [0.3, 0.4) is 0 Å². The van der Waals surface area contributed by atoms with Crippen molar-refractivity contribution < 1.29 is 19.1 Å². The number of aromatic nitrogens is 1. The van der Waals surface area contributed by atoms with E-state index < -0.39 is 6.10 Å². The van der Waals surface area contributed by atoms with E-state index in [1.807, 2.05) is 60.7 Å². The molecule has 1 amide bonds. The van der Waals surface area contributed by atoms with Gasteiger partial charge in [0.15, 0.2) is 5.58 Å². The van der Waals surface area contributed by atoms with Crippen molar-refractivity contribution in [3.63, 3.8) is 0 Å². The molecule has 2 atom stereocenters. The van der Waals surface area contributed by atoms with Crippen LogP contribution >= 0.6 is 11.6 Å². The fraction of sp³-hybridized carbons (Fsp3) is 0.355. The third kappa shape index (κ3) is 6.15. The fourth-order valence-corrected chi connectivity index (χ4v) is 5.85. The molecule has 1 unspecified atom stereocenters. The highest BCUT2D eigenvalue weighted by Crippen LogP contribution is 2.35. The van der Waals surface area contributed by atoms with E-state index in [1.165, 1.54) is 0 Å². The molecule has 0 saturated carbocycles. The maximum Gasteiger partial charge on any atom is 0.234 e. The summed E-state index contributed by atoms with van der Waals surface area (Å²) in [6.07, 6.45) is 1.16. The Morgan fingerprint density at radius 2 is 1.88 bits per heavy atom. The number of carbonyl (C=O) groups is 1. The van der Waals surface area contributed by atoms with Gasteiger partial charge in [-0.3, -0.25) is 14.6 Å². The number of rotatable bonds is 9. The number of amides is 1. The van der Waals surface area contributed by atoms with Crippen LogP contribution in [0.4, 0.5) is 0 Å². The van der Waals surface area contributed by atoms with E-state index in [1.54, 1.807) is 0 Å². The average molecular weight is 561 g/mol. The van der Waals surface area contributed by atoms with Crippen LogP contribution in [0.1, 0.15) is 23.6 Å². The van der Waals surface area contributed by atoms with E-state index in [2.05, 4.69) is 26.2 Å². The summed E-state index contributed by atoms with van der Waals surface area (Å²) in [7, 11) is 0. The lowest BCUT2D eigenvalue weighted by Crippen LogP contribution is -2.51. The molecule has 2 N–H and O–H groups in total. The molecule has 0 spiro atoms. The van der Waals surface area contributed by atoms with Gasteiger partial charge in [0.05, 0.1) is 12.6 Å². The number of oxazole rings is 1. The minimum atomic E-state index is -0.628. The first-order valence-electron chi connectivity index (χ1n) is 13.8. The summed E-state index contributed by atoms with van der Waals surface area (Å²) in [5.74, 6) is 1.25. The van der Waals surface area contributed by atoms with Crippen molar-refractivity contribution in [1.82, 2.24) is 20.1 Å². The lowest BCUT2D eigenvalue weighted by atomic mass is 10.1. The molecule has 1 fully saturated rings. The normalized spacial score (nSPS) is 18.5. The second-order valence-electron chi connectivity index (χ2n) is 10.5. The monoisotopic (exact) mass is 560 g/mol. The number of hydrogen-bond donors (Lipinski definition) is 2. The number of halogens is 1. The summed E-state index contributed by atoms with van der Waals surface area (Å²) in [6.45, 7) is 4.22. The Morgan fingerprint density at radius 3 is 2.70 bits per heavy atom. The van der Waals surface area contributed by atoms with Crippen LogP contribution in [0.25, 0.3) is 22.6 Å². The highest BCUT2D eigenvalue weighted by Gasteiger charge is 2.27. The minimum Gasteiger partial charge on any atom is -0.491 e. The van der Waals surface area contributed by atoms with Crippen molar-refractivity contribution in [2.24, 2.45) is 0 Å². The molecule has 1 aliphatic heterocycles. The Bertz CT molecular complexity index is 1470. The minimum absolute atomic E-state index is 0.0357. The number of fused-ring (bicyclic) bond motifs is 2. The van der Waals surface area contributed by atoms with Crippen LogP contribution in [-0.2, 0) is 11.2 Å². The molecule has 1 aromatic heterocycles. The van der Waals surface area contributed by atoms with Gasteiger partial charge in [-0.1, -0.05) is 41.9 Å². The Balaban J connectivity index is 0.931. The van der Waals surface area contributed by atoms with Crippen LogP contribution in [0, 0.1) is 0 Å². The summed E-state index contributed by atoms with van der Waals surface area (Å²) in [4.78, 5) is 21.7. The van der Waals surface area contributed by atoms with Crippen molar-refractivity contribution in [2.75, 3.05) is 45.9 Å². The highest BCUT2D eigenvalue weighted by atomic mass is 35.5. The van der Waals surface area contributed by atoms with Crippen molar-refractivity contribution >= 4 is 28.6 Å². The zero-order valence-electron chi connectivity index (χ0n) is 22.3. The van der Waals surface area contributed by atoms with Crippen LogP contribution in [0.2, 0.25) is 5.02 Å². The predicted octanol–water partition coefficient (Wildman–Crippen LogP) is 4.31. The lowest BCUT2D eigenvalue weighted by Gasteiger charge is -2.35. The summed E-state index contributed by atoms with van der Waals surface area (Å²) >= 11 is 6.31. The van der Waals surface area contributed by atoms with E-state index in [0.717, 1.165) is 60.7 Å². The van der Waals surface area contributed by atoms with Gasteiger partial charge < -0.3 is 19.6 Å². The number of hydrogen-bond acceptors (Lipinski definition) is 7. The van der Waals surface area contributed by atoms with Gasteiger partial charge in [0.25, 0.3) is 0 Å². The third-order valence-corrected chi connectivity index (χ3v) is 8.03. The SMILES string of the molecule is O=C(CN1CCN(CC(O)COc2ccc3oc(-c4ccccc4)nc3c2)CC1)N[C@H]1CCc2c(Cl)cccc21. The van der Waals surface area contributed by atoms with E-state index in [4.69, 9.17) is 20.8 Å².